The van der Waals surface area contributed by atoms with Crippen LogP contribution in [-0.2, 0) is 24.0 Å². The quantitative estimate of drug-likeness (QED) is 0.222. The second-order valence-electron chi connectivity index (χ2n) is 10.1. The van der Waals surface area contributed by atoms with Crippen molar-refractivity contribution < 1.29 is 41.9 Å². The molecule has 1 saturated heterocycles. The molecule has 1 aliphatic rings. The van der Waals surface area contributed by atoms with Gasteiger partial charge in [-0.25, -0.2) is 4.79 Å². The van der Waals surface area contributed by atoms with Gasteiger partial charge in [0.2, 0.25) is 17.6 Å². The van der Waals surface area contributed by atoms with Crippen molar-refractivity contribution in [3.8, 4) is 0 Å². The minimum atomic E-state index is -5.23. The number of urea groups is 1. The fourth-order valence-electron chi connectivity index (χ4n) is 3.50. The van der Waals surface area contributed by atoms with Crippen LogP contribution >= 0.6 is 0 Å². The molecule has 0 spiro atoms. The van der Waals surface area contributed by atoms with Gasteiger partial charge in [-0.15, -0.1) is 0 Å². The van der Waals surface area contributed by atoms with E-state index in [1.54, 1.807) is 19.2 Å². The number of likely N-dealkylation sites (N-methyl/N-ethyl adjacent to an activating group) is 1. The van der Waals surface area contributed by atoms with Crippen molar-refractivity contribution in [3.63, 3.8) is 0 Å². The molecular weight excluding hydrogens is 501 g/mol. The predicted octanol–water partition coefficient (Wildman–Crippen LogP) is -0.564. The van der Waals surface area contributed by atoms with E-state index >= 15 is 0 Å². The maximum atomic E-state index is 13.2. The lowest BCUT2D eigenvalue weighted by Gasteiger charge is -2.32. The first-order chi connectivity index (χ1) is 16.9. The van der Waals surface area contributed by atoms with Crippen molar-refractivity contribution >= 4 is 35.4 Å². The first-order valence-electron chi connectivity index (χ1n) is 11.7. The Morgan fingerprint density at radius 1 is 0.973 bits per heavy atom. The molecule has 15 heteroatoms. The van der Waals surface area contributed by atoms with Gasteiger partial charge < -0.3 is 31.5 Å². The van der Waals surface area contributed by atoms with E-state index in [0.29, 0.717) is 6.54 Å². The number of carbonyl (C=O) groups excluding carboxylic acids is 6. The molecule has 6 amide bonds. The lowest BCUT2D eigenvalue weighted by Crippen LogP contribution is -2.61. The minimum Gasteiger partial charge on any atom is -0.353 e. The average molecular weight is 537 g/mol. The van der Waals surface area contributed by atoms with Gasteiger partial charge in [0.15, 0.2) is 0 Å². The summed E-state index contributed by atoms with van der Waals surface area (Å²) in [6.07, 6.45) is -5.21. The molecule has 210 valence electrons. The van der Waals surface area contributed by atoms with Gasteiger partial charge in [0.25, 0.3) is 5.91 Å². The molecule has 1 heterocycles. The first kappa shape index (κ1) is 31.6. The summed E-state index contributed by atoms with van der Waals surface area (Å²) < 4.78 is 38.5. The van der Waals surface area contributed by atoms with E-state index in [9.17, 15) is 41.9 Å². The van der Waals surface area contributed by atoms with Gasteiger partial charge in [-0.1, -0.05) is 34.6 Å². The molecule has 5 N–H and O–H groups in total. The second-order valence-corrected chi connectivity index (χ2v) is 10.1. The van der Waals surface area contributed by atoms with Crippen LogP contribution in [0.2, 0.25) is 0 Å². The molecule has 0 aromatic rings. The van der Waals surface area contributed by atoms with E-state index in [0.717, 1.165) is 0 Å². The maximum absolute atomic E-state index is 13.2. The number of rotatable bonds is 11. The predicted molar refractivity (Wildman–Crippen MR) is 125 cm³/mol. The molecule has 0 bridgehead atoms. The molecule has 0 aliphatic carbocycles. The topological polar surface area (TPSA) is 166 Å². The Hall–Kier alpha value is -3.39. The van der Waals surface area contributed by atoms with Gasteiger partial charge in [0.05, 0.1) is 6.54 Å². The molecule has 1 rings (SSSR count). The Kier molecular flexibility index (Phi) is 10.9. The van der Waals surface area contributed by atoms with E-state index < -0.39 is 65.2 Å². The van der Waals surface area contributed by atoms with Gasteiger partial charge in [-0.3, -0.25) is 24.0 Å². The maximum Gasteiger partial charge on any atom is 0.471 e. The molecule has 0 aromatic heterocycles. The smallest absolute Gasteiger partial charge is 0.353 e. The summed E-state index contributed by atoms with van der Waals surface area (Å²) in [5.41, 5.74) is -1.16. The van der Waals surface area contributed by atoms with Crippen LogP contribution < -0.4 is 26.6 Å². The molecule has 1 fully saturated rings. The number of amides is 6. The van der Waals surface area contributed by atoms with E-state index in [1.165, 1.54) is 32.7 Å². The molecule has 0 radical (unpaired) electrons. The highest BCUT2D eigenvalue weighted by molar-refractivity contribution is 6.38. The van der Waals surface area contributed by atoms with Crippen molar-refractivity contribution in [2.75, 3.05) is 26.7 Å². The normalized spacial score (nSPS) is 16.4. The third-order valence-corrected chi connectivity index (χ3v) is 5.43. The number of nitrogens with one attached hydrogen (secondary N) is 5. The fourth-order valence-corrected chi connectivity index (χ4v) is 3.50. The second kappa shape index (κ2) is 12.7. The summed E-state index contributed by atoms with van der Waals surface area (Å²) in [5.74, 6) is -6.48. The van der Waals surface area contributed by atoms with Gasteiger partial charge in [0.1, 0.15) is 18.1 Å². The van der Waals surface area contributed by atoms with E-state index in [-0.39, 0.29) is 25.4 Å². The van der Waals surface area contributed by atoms with Crippen LogP contribution in [0.25, 0.3) is 0 Å². The van der Waals surface area contributed by atoms with E-state index in [4.69, 9.17) is 0 Å². The number of hydrogen-bond acceptors (Lipinski definition) is 6. The van der Waals surface area contributed by atoms with Crippen molar-refractivity contribution in [1.29, 1.82) is 0 Å². The van der Waals surface area contributed by atoms with Crippen LogP contribution in [0.15, 0.2) is 0 Å². The summed E-state index contributed by atoms with van der Waals surface area (Å²) >= 11 is 0. The molecule has 3 unspecified atom stereocenters. The molecule has 1 aliphatic heterocycles. The number of ketones is 1. The Morgan fingerprint density at radius 3 is 1.97 bits per heavy atom. The SMILES string of the molecule is CNC(=O)C(=O)C(CN1CCNC1=O)NC(=O)C(CC(C)C)NC(=O)C(NC(=O)C(F)(F)F)C(C)(C)C. The monoisotopic (exact) mass is 536 g/mol. The van der Waals surface area contributed by atoms with Gasteiger partial charge in [-0.2, -0.15) is 13.2 Å². The summed E-state index contributed by atoms with van der Waals surface area (Å²) in [6.45, 7) is 7.96. The zero-order valence-electron chi connectivity index (χ0n) is 21.7. The zero-order chi connectivity index (χ0) is 28.7. The molecule has 3 atom stereocenters. The summed E-state index contributed by atoms with van der Waals surface area (Å²) in [5, 5.41) is 11.1. The average Bonchev–Trinajstić information content (AvgIpc) is 3.17. The van der Waals surface area contributed by atoms with E-state index in [1.807, 2.05) is 0 Å². The number of halogens is 3. The third-order valence-electron chi connectivity index (χ3n) is 5.43. The number of nitrogens with zero attached hydrogens (tertiary/aromatic N) is 1. The van der Waals surface area contributed by atoms with Crippen molar-refractivity contribution in [2.24, 2.45) is 11.3 Å². The minimum absolute atomic E-state index is 0.0206. The van der Waals surface area contributed by atoms with Crippen LogP contribution in [0.3, 0.4) is 0 Å². The lowest BCUT2D eigenvalue weighted by atomic mass is 9.85. The van der Waals surface area contributed by atoms with Crippen LogP contribution in [0.1, 0.15) is 41.0 Å². The number of Topliss-reactive ketones (excluding diaryl/α,β-unsaturated/α-hetero) is 1. The van der Waals surface area contributed by atoms with Crippen molar-refractivity contribution in [2.45, 2.75) is 65.3 Å². The zero-order valence-corrected chi connectivity index (χ0v) is 21.7. The largest absolute Gasteiger partial charge is 0.471 e. The number of carbonyl (C=O) groups is 6. The Morgan fingerprint density at radius 2 is 1.54 bits per heavy atom. The summed E-state index contributed by atoms with van der Waals surface area (Å²) in [7, 11) is 1.21. The summed E-state index contributed by atoms with van der Waals surface area (Å²) in [6, 6.07) is -4.93. The standard InChI is InChI=1S/C22H35F3N6O6/c1-11(2)9-12(28-18(35)15(21(3,4)5)30-19(36)22(23,24)25)16(33)29-13(14(32)17(34)26-6)10-31-8-7-27-20(31)37/h11-13,15H,7-10H2,1-6H3,(H,26,34)(H,27,37)(H,28,35)(H,29,33)(H,30,36). The summed E-state index contributed by atoms with van der Waals surface area (Å²) in [4.78, 5) is 75.4. The lowest BCUT2D eigenvalue weighted by molar-refractivity contribution is -0.175. The Balaban J connectivity index is 3.17. The Bertz CT molecular complexity index is 902. The van der Waals surface area contributed by atoms with Gasteiger partial charge >= 0.3 is 18.1 Å². The van der Waals surface area contributed by atoms with E-state index in [2.05, 4.69) is 21.3 Å². The highest BCUT2D eigenvalue weighted by atomic mass is 19.4. The van der Waals surface area contributed by atoms with Gasteiger partial charge in [0, 0.05) is 20.1 Å². The molecule has 12 nitrogen and oxygen atoms in total. The fraction of sp³-hybridized carbons (Fsp3) is 0.727. The van der Waals surface area contributed by atoms with Crippen LogP contribution in [0.4, 0.5) is 18.0 Å². The molecule has 0 saturated carbocycles. The van der Waals surface area contributed by atoms with Crippen LogP contribution in [-0.4, -0.2) is 91.3 Å². The highest BCUT2D eigenvalue weighted by Gasteiger charge is 2.44. The van der Waals surface area contributed by atoms with Crippen LogP contribution in [0.5, 0.6) is 0 Å². The number of hydrogen-bond donors (Lipinski definition) is 5. The van der Waals surface area contributed by atoms with Gasteiger partial charge in [-0.05, 0) is 17.8 Å². The highest BCUT2D eigenvalue weighted by Crippen LogP contribution is 2.23. The first-order valence-corrected chi connectivity index (χ1v) is 11.7. The van der Waals surface area contributed by atoms with Crippen molar-refractivity contribution in [1.82, 2.24) is 31.5 Å². The molecule has 0 aromatic carbocycles. The Labute approximate surface area is 212 Å². The number of alkyl halides is 3. The third kappa shape index (κ3) is 9.53. The van der Waals surface area contributed by atoms with Crippen molar-refractivity contribution in [3.05, 3.63) is 0 Å². The van der Waals surface area contributed by atoms with Crippen LogP contribution in [0, 0.1) is 11.3 Å². The molecule has 37 heavy (non-hydrogen) atoms. The molecular formula is C22H35F3N6O6.